The van der Waals surface area contributed by atoms with Gasteiger partial charge in [0.1, 0.15) is 11.6 Å². The van der Waals surface area contributed by atoms with Gasteiger partial charge in [-0.15, -0.1) is 0 Å². The van der Waals surface area contributed by atoms with E-state index in [9.17, 15) is 13.9 Å². The van der Waals surface area contributed by atoms with E-state index in [1.165, 1.54) is 0 Å². The van der Waals surface area contributed by atoms with E-state index in [0.29, 0.717) is 10.6 Å². The lowest BCUT2D eigenvalue weighted by Gasteiger charge is -2.14. The molecule has 19 heavy (non-hydrogen) atoms. The molecule has 100 valence electrons. The summed E-state index contributed by atoms with van der Waals surface area (Å²) in [5.41, 5.74) is 0.586. The minimum Gasteiger partial charge on any atom is -0.388 e. The predicted octanol–water partition coefficient (Wildman–Crippen LogP) is 4.66. The van der Waals surface area contributed by atoms with Crippen LogP contribution in [-0.2, 0) is 6.42 Å². The van der Waals surface area contributed by atoms with Crippen molar-refractivity contribution < 1.29 is 13.9 Å². The van der Waals surface area contributed by atoms with E-state index in [1.807, 2.05) is 0 Å². The van der Waals surface area contributed by atoms with Crippen LogP contribution in [0.25, 0.3) is 0 Å². The highest BCUT2D eigenvalue weighted by atomic mass is 79.9. The van der Waals surface area contributed by atoms with Crippen LogP contribution in [0, 0.1) is 11.6 Å². The SMILES string of the molecule is OC(Cc1cc(F)ccc1F)c1cc(Br)ccc1Cl. The molecular formula is C14H10BrClF2O. The first-order chi connectivity index (χ1) is 8.97. The fourth-order valence-corrected chi connectivity index (χ4v) is 2.41. The van der Waals surface area contributed by atoms with Crippen LogP contribution in [0.2, 0.25) is 5.02 Å². The van der Waals surface area contributed by atoms with Gasteiger partial charge in [0.15, 0.2) is 0 Å². The van der Waals surface area contributed by atoms with Gasteiger partial charge >= 0.3 is 0 Å². The van der Waals surface area contributed by atoms with Gasteiger partial charge in [-0.05, 0) is 42.0 Å². The van der Waals surface area contributed by atoms with Crippen molar-refractivity contribution in [2.24, 2.45) is 0 Å². The van der Waals surface area contributed by atoms with E-state index >= 15 is 0 Å². The Labute approximate surface area is 123 Å². The maximum Gasteiger partial charge on any atom is 0.126 e. The number of aliphatic hydroxyl groups is 1. The molecule has 5 heteroatoms. The normalized spacial score (nSPS) is 12.5. The van der Waals surface area contributed by atoms with Gasteiger partial charge in [0.05, 0.1) is 6.10 Å². The topological polar surface area (TPSA) is 20.2 Å². The van der Waals surface area contributed by atoms with Gasteiger partial charge < -0.3 is 5.11 Å². The maximum atomic E-state index is 13.5. The number of rotatable bonds is 3. The van der Waals surface area contributed by atoms with Crippen LogP contribution in [0.15, 0.2) is 40.9 Å². The lowest BCUT2D eigenvalue weighted by Crippen LogP contribution is -2.05. The summed E-state index contributed by atoms with van der Waals surface area (Å²) in [4.78, 5) is 0. The fraction of sp³-hybridized carbons (Fsp3) is 0.143. The van der Waals surface area contributed by atoms with Gasteiger partial charge in [-0.2, -0.15) is 0 Å². The van der Waals surface area contributed by atoms with Crippen LogP contribution in [-0.4, -0.2) is 5.11 Å². The van der Waals surface area contributed by atoms with Gasteiger partial charge in [0.2, 0.25) is 0 Å². The second-order valence-electron chi connectivity index (χ2n) is 4.12. The van der Waals surface area contributed by atoms with Gasteiger partial charge in [-0.25, -0.2) is 8.78 Å². The van der Waals surface area contributed by atoms with Gasteiger partial charge in [0.25, 0.3) is 0 Å². The predicted molar refractivity (Wildman–Crippen MR) is 74.2 cm³/mol. The molecule has 0 saturated heterocycles. The zero-order valence-electron chi connectivity index (χ0n) is 9.71. The lowest BCUT2D eigenvalue weighted by molar-refractivity contribution is 0.177. The van der Waals surface area contributed by atoms with Crippen molar-refractivity contribution in [3.05, 3.63) is 68.7 Å². The third-order valence-corrected chi connectivity index (χ3v) is 3.58. The number of hydrogen-bond donors (Lipinski definition) is 1. The second kappa shape index (κ2) is 5.99. The van der Waals surface area contributed by atoms with E-state index in [4.69, 9.17) is 11.6 Å². The monoisotopic (exact) mass is 346 g/mol. The van der Waals surface area contributed by atoms with Crippen LogP contribution >= 0.6 is 27.5 Å². The fourth-order valence-electron chi connectivity index (χ4n) is 1.79. The Morgan fingerprint density at radius 3 is 2.63 bits per heavy atom. The molecule has 1 atom stereocenters. The van der Waals surface area contributed by atoms with Gasteiger partial charge in [-0.1, -0.05) is 27.5 Å². The van der Waals surface area contributed by atoms with Crippen LogP contribution in [0.5, 0.6) is 0 Å². The molecule has 0 radical (unpaired) electrons. The van der Waals surface area contributed by atoms with Crippen molar-refractivity contribution in [1.29, 1.82) is 0 Å². The maximum absolute atomic E-state index is 13.5. The van der Waals surface area contributed by atoms with Crippen molar-refractivity contribution in [3.63, 3.8) is 0 Å². The quantitative estimate of drug-likeness (QED) is 0.856. The number of benzene rings is 2. The highest BCUT2D eigenvalue weighted by Crippen LogP contribution is 2.29. The van der Waals surface area contributed by atoms with E-state index in [1.54, 1.807) is 18.2 Å². The Bertz CT molecular complexity index is 604. The molecule has 0 heterocycles. The standard InChI is InChI=1S/C14H10BrClF2O/c15-9-1-3-12(16)11(7-9)14(19)6-8-5-10(17)2-4-13(8)18/h1-5,7,14,19H,6H2. The summed E-state index contributed by atoms with van der Waals surface area (Å²) in [6.07, 6.45) is -1.04. The second-order valence-corrected chi connectivity index (χ2v) is 5.44. The van der Waals surface area contributed by atoms with Gasteiger partial charge in [0, 0.05) is 21.5 Å². The van der Waals surface area contributed by atoms with E-state index < -0.39 is 17.7 Å². The zero-order valence-corrected chi connectivity index (χ0v) is 12.0. The largest absolute Gasteiger partial charge is 0.388 e. The summed E-state index contributed by atoms with van der Waals surface area (Å²) in [7, 11) is 0. The molecule has 2 aromatic rings. The van der Waals surface area contributed by atoms with Crippen molar-refractivity contribution in [1.82, 2.24) is 0 Å². The van der Waals surface area contributed by atoms with Gasteiger partial charge in [-0.3, -0.25) is 0 Å². The molecule has 2 aromatic carbocycles. The summed E-state index contributed by atoms with van der Waals surface area (Å²) in [6, 6.07) is 8.18. The smallest absolute Gasteiger partial charge is 0.126 e. The number of hydrogen-bond acceptors (Lipinski definition) is 1. The molecule has 0 aliphatic rings. The highest BCUT2D eigenvalue weighted by molar-refractivity contribution is 9.10. The number of aliphatic hydroxyl groups excluding tert-OH is 1. The van der Waals surface area contributed by atoms with E-state index in [-0.39, 0.29) is 12.0 Å². The Balaban J connectivity index is 2.27. The molecule has 0 aromatic heterocycles. The lowest BCUT2D eigenvalue weighted by atomic mass is 10.0. The Kier molecular flexibility index (Phi) is 4.55. The summed E-state index contributed by atoms with van der Waals surface area (Å²) >= 11 is 9.25. The molecule has 0 aliphatic carbocycles. The molecule has 1 N–H and O–H groups in total. The molecule has 0 aliphatic heterocycles. The Hall–Kier alpha value is -0.970. The first-order valence-electron chi connectivity index (χ1n) is 5.54. The first kappa shape index (κ1) is 14.4. The van der Waals surface area contributed by atoms with Crippen molar-refractivity contribution >= 4 is 27.5 Å². The van der Waals surface area contributed by atoms with E-state index in [0.717, 1.165) is 22.7 Å². The summed E-state index contributed by atoms with van der Waals surface area (Å²) in [5, 5.41) is 10.5. The Morgan fingerprint density at radius 2 is 1.89 bits per heavy atom. The zero-order chi connectivity index (χ0) is 14.0. The minimum absolute atomic E-state index is 0.0419. The van der Waals surface area contributed by atoms with E-state index in [2.05, 4.69) is 15.9 Å². The molecule has 1 nitrogen and oxygen atoms in total. The molecular weight excluding hydrogens is 338 g/mol. The molecule has 0 amide bonds. The molecule has 2 rings (SSSR count). The molecule has 0 saturated carbocycles. The summed E-state index contributed by atoms with van der Waals surface area (Å²) in [6.45, 7) is 0. The van der Waals surface area contributed by atoms with Crippen LogP contribution in [0.4, 0.5) is 8.78 Å². The number of halogens is 4. The third-order valence-electron chi connectivity index (χ3n) is 2.74. The molecule has 0 spiro atoms. The molecule has 1 unspecified atom stereocenters. The third kappa shape index (κ3) is 3.53. The summed E-state index contributed by atoms with van der Waals surface area (Å²) < 4.78 is 27.3. The van der Waals surface area contributed by atoms with Crippen LogP contribution in [0.1, 0.15) is 17.2 Å². The first-order valence-corrected chi connectivity index (χ1v) is 6.71. The van der Waals surface area contributed by atoms with Crippen molar-refractivity contribution in [2.75, 3.05) is 0 Å². The highest BCUT2D eigenvalue weighted by Gasteiger charge is 2.15. The van der Waals surface area contributed by atoms with Crippen molar-refractivity contribution in [3.8, 4) is 0 Å². The molecule has 0 bridgehead atoms. The molecule has 0 fully saturated rings. The summed E-state index contributed by atoms with van der Waals surface area (Å²) in [5.74, 6) is -1.09. The van der Waals surface area contributed by atoms with Crippen LogP contribution < -0.4 is 0 Å². The van der Waals surface area contributed by atoms with Crippen LogP contribution in [0.3, 0.4) is 0 Å². The minimum atomic E-state index is -0.999. The van der Waals surface area contributed by atoms with Crippen molar-refractivity contribution in [2.45, 2.75) is 12.5 Å². The average molecular weight is 348 g/mol. The average Bonchev–Trinajstić information content (AvgIpc) is 2.36. The Morgan fingerprint density at radius 1 is 1.16 bits per heavy atom.